The first-order valence-corrected chi connectivity index (χ1v) is 11.0. The summed E-state index contributed by atoms with van der Waals surface area (Å²) in [6.07, 6.45) is 3.74. The monoisotopic (exact) mass is 388 g/mol. The highest BCUT2D eigenvalue weighted by atomic mass is 32.2. The van der Waals surface area contributed by atoms with Gasteiger partial charge in [-0.25, -0.2) is 0 Å². The van der Waals surface area contributed by atoms with Crippen LogP contribution in [0.4, 0.5) is 5.69 Å². The van der Waals surface area contributed by atoms with Crippen LogP contribution in [0.2, 0.25) is 0 Å². The van der Waals surface area contributed by atoms with Gasteiger partial charge in [-0.1, -0.05) is 12.1 Å². The van der Waals surface area contributed by atoms with Crippen molar-refractivity contribution in [2.45, 2.75) is 64.7 Å². The number of aryl methyl sites for hydroxylation is 2. The van der Waals surface area contributed by atoms with Crippen molar-refractivity contribution < 1.29 is 8.97 Å². The summed E-state index contributed by atoms with van der Waals surface area (Å²) in [6.45, 7) is 12.2. The minimum absolute atomic E-state index is 0.240. The summed E-state index contributed by atoms with van der Waals surface area (Å²) < 4.78 is 21.9. The predicted molar refractivity (Wildman–Crippen MR) is 114 cm³/mol. The van der Waals surface area contributed by atoms with Crippen LogP contribution in [-0.2, 0) is 11.4 Å². The molecule has 1 aliphatic rings. The van der Waals surface area contributed by atoms with Crippen LogP contribution in [0.3, 0.4) is 0 Å². The van der Waals surface area contributed by atoms with Crippen LogP contribution in [-0.4, -0.2) is 22.4 Å². The van der Waals surface area contributed by atoms with Crippen molar-refractivity contribution in [1.29, 1.82) is 0 Å². The molecule has 0 bridgehead atoms. The van der Waals surface area contributed by atoms with Crippen LogP contribution in [0.1, 0.15) is 68.7 Å². The molecule has 1 aromatic carbocycles. The summed E-state index contributed by atoms with van der Waals surface area (Å²) in [6, 6.07) is 10.3. The van der Waals surface area contributed by atoms with E-state index in [0.717, 1.165) is 30.2 Å². The van der Waals surface area contributed by atoms with Gasteiger partial charge >= 0.3 is 0 Å². The fourth-order valence-electron chi connectivity index (χ4n) is 3.47. The third-order valence-electron chi connectivity index (χ3n) is 5.02. The molecule has 1 N–H and O–H groups in total. The summed E-state index contributed by atoms with van der Waals surface area (Å²) >= 11 is -1.21. The zero-order chi connectivity index (χ0) is 19.6. The lowest BCUT2D eigenvalue weighted by Crippen LogP contribution is -2.42. The lowest BCUT2D eigenvalue weighted by Gasteiger charge is -2.33. The third-order valence-corrected chi connectivity index (χ3v) is 6.58. The Labute approximate surface area is 166 Å². The Bertz CT molecular complexity index is 760. The first kappa shape index (κ1) is 20.3. The number of hydrogen-bond donors (Lipinski definition) is 1. The quantitative estimate of drug-likeness (QED) is 0.730. The zero-order valence-corrected chi connectivity index (χ0v) is 18.0. The van der Waals surface area contributed by atoms with E-state index >= 15 is 0 Å². The zero-order valence-electron chi connectivity index (χ0n) is 17.2. The summed E-state index contributed by atoms with van der Waals surface area (Å²) in [7, 11) is 0. The molecule has 2 heterocycles. The van der Waals surface area contributed by atoms with Crippen molar-refractivity contribution in [3.8, 4) is 0 Å². The number of furan rings is 1. The second kappa shape index (κ2) is 8.29. The summed E-state index contributed by atoms with van der Waals surface area (Å²) in [5.41, 5.74) is 3.60. The Morgan fingerprint density at radius 3 is 2.37 bits per heavy atom. The van der Waals surface area contributed by atoms with E-state index in [-0.39, 0.29) is 10.8 Å². The van der Waals surface area contributed by atoms with Crippen molar-refractivity contribution in [1.82, 2.24) is 4.72 Å². The highest BCUT2D eigenvalue weighted by molar-refractivity contribution is 7.90. The van der Waals surface area contributed by atoms with Crippen LogP contribution in [0.25, 0.3) is 0 Å². The second-order valence-corrected chi connectivity index (χ2v) is 10.5. The first-order chi connectivity index (χ1) is 12.8. The molecule has 3 rings (SSSR count). The Balaban J connectivity index is 2.03. The van der Waals surface area contributed by atoms with E-state index in [1.165, 1.54) is 30.5 Å². The van der Waals surface area contributed by atoms with E-state index in [1.807, 2.05) is 39.8 Å². The molecule has 0 radical (unpaired) electrons. The smallest absolute Gasteiger partial charge is 0.137 e. The Morgan fingerprint density at radius 1 is 1.07 bits per heavy atom. The molecule has 4 nitrogen and oxygen atoms in total. The van der Waals surface area contributed by atoms with Gasteiger partial charge < -0.3 is 13.9 Å². The molecular formula is C22H32N2O2S. The maximum Gasteiger partial charge on any atom is 0.137 e. The average Bonchev–Trinajstić information content (AvgIpc) is 3.06. The van der Waals surface area contributed by atoms with E-state index in [0.29, 0.717) is 0 Å². The summed E-state index contributed by atoms with van der Waals surface area (Å²) in [5, 5.41) is 0. The van der Waals surface area contributed by atoms with E-state index in [2.05, 4.69) is 34.7 Å². The Kier molecular flexibility index (Phi) is 6.24. The largest absolute Gasteiger partial charge is 0.598 e. The molecule has 1 saturated heterocycles. The highest BCUT2D eigenvalue weighted by Crippen LogP contribution is 2.35. The molecule has 1 fully saturated rings. The van der Waals surface area contributed by atoms with Gasteiger partial charge in [0.05, 0.1) is 0 Å². The van der Waals surface area contributed by atoms with Crippen molar-refractivity contribution >= 4 is 17.0 Å². The number of piperidine rings is 1. The predicted octanol–water partition coefficient (Wildman–Crippen LogP) is 5.03. The SMILES string of the molecule is Cc1ccc(C(N[S@+]([O-])C(C)(C)C)c2ccc(C)o2)c(N2CCCCC2)c1. The van der Waals surface area contributed by atoms with Crippen molar-refractivity contribution in [2.24, 2.45) is 0 Å². The molecule has 5 heteroatoms. The number of rotatable bonds is 5. The molecule has 2 aromatic rings. The third kappa shape index (κ3) is 4.89. The van der Waals surface area contributed by atoms with Crippen LogP contribution in [0.15, 0.2) is 34.7 Å². The minimum Gasteiger partial charge on any atom is -0.598 e. The number of nitrogens with one attached hydrogen (secondary N) is 1. The fraction of sp³-hybridized carbons (Fsp3) is 0.545. The molecular weight excluding hydrogens is 356 g/mol. The lowest BCUT2D eigenvalue weighted by atomic mass is 9.99. The topological polar surface area (TPSA) is 51.5 Å². The highest BCUT2D eigenvalue weighted by Gasteiger charge is 2.33. The Morgan fingerprint density at radius 2 is 1.78 bits per heavy atom. The molecule has 0 spiro atoms. The second-order valence-electron chi connectivity index (χ2n) is 8.49. The Hall–Kier alpha value is -1.43. The van der Waals surface area contributed by atoms with Gasteiger partial charge in [0.1, 0.15) is 22.3 Å². The van der Waals surface area contributed by atoms with Gasteiger partial charge in [0.15, 0.2) is 0 Å². The van der Waals surface area contributed by atoms with Gasteiger partial charge in [0, 0.05) is 35.7 Å². The standard InChI is InChI=1S/C22H32N2O2S/c1-16-9-11-18(19(15-16)24-13-7-6-8-14-24)21(20-12-10-17(2)26-20)23-27(25)22(3,4)5/h9-12,15,21,23H,6-8,13-14H2,1-5H3/t21?,27-/m1/s1. The molecule has 0 amide bonds. The molecule has 0 aliphatic carbocycles. The fourth-order valence-corrected chi connectivity index (χ4v) is 4.28. The van der Waals surface area contributed by atoms with Crippen molar-refractivity contribution in [2.75, 3.05) is 18.0 Å². The summed E-state index contributed by atoms with van der Waals surface area (Å²) in [5.74, 6) is 1.68. The number of benzene rings is 1. The van der Waals surface area contributed by atoms with Gasteiger partial charge in [-0.05, 0) is 77.6 Å². The first-order valence-electron chi connectivity index (χ1n) is 9.85. The normalized spacial score (nSPS) is 17.8. The van der Waals surface area contributed by atoms with E-state index in [4.69, 9.17) is 4.42 Å². The van der Waals surface area contributed by atoms with E-state index in [1.54, 1.807) is 0 Å². The molecule has 0 saturated carbocycles. The molecule has 27 heavy (non-hydrogen) atoms. The molecule has 1 unspecified atom stereocenters. The van der Waals surface area contributed by atoms with Crippen molar-refractivity contribution in [3.63, 3.8) is 0 Å². The maximum atomic E-state index is 12.9. The van der Waals surface area contributed by atoms with Gasteiger partial charge in [0.2, 0.25) is 0 Å². The van der Waals surface area contributed by atoms with Crippen LogP contribution >= 0.6 is 0 Å². The minimum atomic E-state index is -1.21. The van der Waals surface area contributed by atoms with Gasteiger partial charge in [-0.3, -0.25) is 0 Å². The molecule has 2 atom stereocenters. The number of hydrogen-bond acceptors (Lipinski definition) is 4. The number of anilines is 1. The van der Waals surface area contributed by atoms with Gasteiger partial charge in [-0.2, -0.15) is 0 Å². The molecule has 1 aromatic heterocycles. The van der Waals surface area contributed by atoms with Gasteiger partial charge in [-0.15, -0.1) is 4.72 Å². The van der Waals surface area contributed by atoms with E-state index in [9.17, 15) is 4.55 Å². The molecule has 1 aliphatic heterocycles. The average molecular weight is 389 g/mol. The van der Waals surface area contributed by atoms with Crippen molar-refractivity contribution in [3.05, 3.63) is 53.0 Å². The summed E-state index contributed by atoms with van der Waals surface area (Å²) in [4.78, 5) is 2.47. The molecule has 148 valence electrons. The maximum absolute atomic E-state index is 12.9. The number of nitrogens with zero attached hydrogens (tertiary/aromatic N) is 1. The lowest BCUT2D eigenvalue weighted by molar-refractivity contribution is 0.447. The van der Waals surface area contributed by atoms with E-state index < -0.39 is 11.4 Å². The van der Waals surface area contributed by atoms with Crippen LogP contribution in [0.5, 0.6) is 0 Å². The van der Waals surface area contributed by atoms with Gasteiger partial charge in [0.25, 0.3) is 0 Å². The van der Waals surface area contributed by atoms with Crippen LogP contribution < -0.4 is 9.62 Å². The van der Waals surface area contributed by atoms with Crippen LogP contribution in [0, 0.1) is 13.8 Å².